The van der Waals surface area contributed by atoms with E-state index in [0.29, 0.717) is 19.1 Å². The van der Waals surface area contributed by atoms with Gasteiger partial charge in [0.05, 0.1) is 12.5 Å². The van der Waals surface area contributed by atoms with Crippen molar-refractivity contribution in [3.8, 4) is 0 Å². The Kier molecular flexibility index (Phi) is 7.21. The Bertz CT molecular complexity index is 215. The van der Waals surface area contributed by atoms with Crippen molar-refractivity contribution >= 4 is 5.97 Å². The molecule has 1 saturated heterocycles. The number of carbonyl (C=O) groups excluding carboxylic acids is 1. The number of hydrogen-bond acceptors (Lipinski definition) is 4. The van der Waals surface area contributed by atoms with E-state index in [4.69, 9.17) is 15.2 Å². The Hall–Kier alpha value is -0.610. The first kappa shape index (κ1) is 14.5. The van der Waals surface area contributed by atoms with Crippen molar-refractivity contribution in [1.82, 2.24) is 0 Å². The van der Waals surface area contributed by atoms with Gasteiger partial charge in [-0.1, -0.05) is 6.42 Å². The van der Waals surface area contributed by atoms with E-state index in [-0.39, 0.29) is 11.9 Å². The summed E-state index contributed by atoms with van der Waals surface area (Å²) in [5.74, 6) is 0.447. The van der Waals surface area contributed by atoms with Crippen molar-refractivity contribution in [2.75, 3.05) is 26.4 Å². The van der Waals surface area contributed by atoms with Gasteiger partial charge in [0.1, 0.15) is 0 Å². The normalized spacial score (nSPS) is 18.9. The summed E-state index contributed by atoms with van der Waals surface area (Å²) in [7, 11) is 0. The second-order valence-electron chi connectivity index (χ2n) is 4.59. The maximum absolute atomic E-state index is 11.9. The molecule has 0 amide bonds. The molecule has 0 saturated carbocycles. The highest BCUT2D eigenvalue weighted by Crippen LogP contribution is 2.28. The number of nitrogens with two attached hydrogens (primary N) is 1. The summed E-state index contributed by atoms with van der Waals surface area (Å²) in [6.07, 6.45) is 4.86. The van der Waals surface area contributed by atoms with E-state index in [1.807, 2.05) is 6.92 Å². The van der Waals surface area contributed by atoms with Crippen LogP contribution in [0.4, 0.5) is 0 Å². The summed E-state index contributed by atoms with van der Waals surface area (Å²) in [5.41, 5.74) is 5.49. The molecule has 1 heterocycles. The lowest BCUT2D eigenvalue weighted by atomic mass is 9.83. The molecule has 17 heavy (non-hydrogen) atoms. The molecule has 0 aromatic rings. The molecular weight excluding hydrogens is 218 g/mol. The maximum Gasteiger partial charge on any atom is 0.309 e. The quantitative estimate of drug-likeness (QED) is 0.546. The topological polar surface area (TPSA) is 61.5 Å². The minimum atomic E-state index is -0.0311. The van der Waals surface area contributed by atoms with E-state index < -0.39 is 0 Å². The second-order valence-corrected chi connectivity index (χ2v) is 4.59. The average molecular weight is 243 g/mol. The third kappa shape index (κ3) is 5.04. The second kappa shape index (κ2) is 8.48. The maximum atomic E-state index is 11.9. The van der Waals surface area contributed by atoms with E-state index in [2.05, 4.69) is 0 Å². The van der Waals surface area contributed by atoms with Crippen LogP contribution >= 0.6 is 0 Å². The first-order valence-electron chi connectivity index (χ1n) is 6.74. The SMILES string of the molecule is CCOC(=O)C(CCCCN)C1CCOCC1. The van der Waals surface area contributed by atoms with Gasteiger partial charge in [-0.3, -0.25) is 4.79 Å². The van der Waals surface area contributed by atoms with Crippen molar-refractivity contribution in [1.29, 1.82) is 0 Å². The molecule has 4 heteroatoms. The number of carbonyl (C=O) groups is 1. The van der Waals surface area contributed by atoms with Gasteiger partial charge in [0, 0.05) is 13.2 Å². The summed E-state index contributed by atoms with van der Waals surface area (Å²) >= 11 is 0. The van der Waals surface area contributed by atoms with Crippen molar-refractivity contribution in [2.45, 2.75) is 39.0 Å². The van der Waals surface area contributed by atoms with Gasteiger partial charge in [-0.15, -0.1) is 0 Å². The minimum absolute atomic E-state index is 0.0311. The van der Waals surface area contributed by atoms with Crippen molar-refractivity contribution < 1.29 is 14.3 Å². The molecule has 0 radical (unpaired) electrons. The lowest BCUT2D eigenvalue weighted by Gasteiger charge is -2.28. The standard InChI is InChI=1S/C13H25NO3/c1-2-17-13(15)12(5-3-4-8-14)11-6-9-16-10-7-11/h11-12H,2-10,14H2,1H3. The predicted octanol–water partition coefficient (Wildman–Crippen LogP) is 1.72. The lowest BCUT2D eigenvalue weighted by molar-refractivity contribution is -0.151. The zero-order valence-electron chi connectivity index (χ0n) is 10.8. The molecule has 0 bridgehead atoms. The summed E-state index contributed by atoms with van der Waals surface area (Å²) in [5, 5.41) is 0. The number of rotatable bonds is 7. The Balaban J connectivity index is 2.47. The zero-order chi connectivity index (χ0) is 12.5. The van der Waals surface area contributed by atoms with Crippen molar-refractivity contribution in [3.63, 3.8) is 0 Å². The Morgan fingerprint density at radius 2 is 2.12 bits per heavy atom. The summed E-state index contributed by atoms with van der Waals surface area (Å²) in [6, 6.07) is 0. The molecule has 1 aliphatic rings. The third-order valence-corrected chi connectivity index (χ3v) is 3.39. The molecule has 1 aliphatic heterocycles. The van der Waals surface area contributed by atoms with Crippen LogP contribution in [0.3, 0.4) is 0 Å². The highest BCUT2D eigenvalue weighted by atomic mass is 16.5. The van der Waals surface area contributed by atoms with Crippen LogP contribution in [0.15, 0.2) is 0 Å². The van der Waals surface area contributed by atoms with E-state index in [9.17, 15) is 4.79 Å². The molecule has 1 fully saturated rings. The molecule has 0 spiro atoms. The van der Waals surface area contributed by atoms with Gasteiger partial charge in [0.25, 0.3) is 0 Å². The number of hydrogen-bond donors (Lipinski definition) is 1. The molecule has 100 valence electrons. The average Bonchev–Trinajstić information content (AvgIpc) is 2.36. The monoisotopic (exact) mass is 243 g/mol. The smallest absolute Gasteiger partial charge is 0.309 e. The minimum Gasteiger partial charge on any atom is -0.466 e. The van der Waals surface area contributed by atoms with Gasteiger partial charge in [-0.2, -0.15) is 0 Å². The summed E-state index contributed by atoms with van der Waals surface area (Å²) in [4.78, 5) is 11.9. The lowest BCUT2D eigenvalue weighted by Crippen LogP contribution is -2.30. The Morgan fingerprint density at radius 3 is 2.71 bits per heavy atom. The van der Waals surface area contributed by atoms with Gasteiger partial charge < -0.3 is 15.2 Å². The molecule has 1 unspecified atom stereocenters. The number of esters is 1. The predicted molar refractivity (Wildman–Crippen MR) is 66.6 cm³/mol. The summed E-state index contributed by atoms with van der Waals surface area (Å²) in [6.45, 7) is 4.58. The van der Waals surface area contributed by atoms with Crippen LogP contribution in [-0.4, -0.2) is 32.3 Å². The van der Waals surface area contributed by atoms with Gasteiger partial charge in [-0.25, -0.2) is 0 Å². The van der Waals surface area contributed by atoms with Gasteiger partial charge >= 0.3 is 5.97 Å². The summed E-state index contributed by atoms with van der Waals surface area (Å²) < 4.78 is 10.5. The number of ether oxygens (including phenoxy) is 2. The highest BCUT2D eigenvalue weighted by molar-refractivity contribution is 5.72. The van der Waals surface area contributed by atoms with Crippen molar-refractivity contribution in [3.05, 3.63) is 0 Å². The number of unbranched alkanes of at least 4 members (excludes halogenated alkanes) is 1. The van der Waals surface area contributed by atoms with Crippen LogP contribution in [0, 0.1) is 11.8 Å². The van der Waals surface area contributed by atoms with Crippen LogP contribution in [-0.2, 0) is 14.3 Å². The van der Waals surface area contributed by atoms with E-state index in [0.717, 1.165) is 45.3 Å². The molecule has 0 aliphatic carbocycles. The molecule has 0 aromatic carbocycles. The molecule has 0 aromatic heterocycles. The Morgan fingerprint density at radius 1 is 1.41 bits per heavy atom. The van der Waals surface area contributed by atoms with Crippen LogP contribution < -0.4 is 5.73 Å². The Labute approximate surface area is 104 Å². The van der Waals surface area contributed by atoms with Gasteiger partial charge in [0.2, 0.25) is 0 Å². The van der Waals surface area contributed by atoms with E-state index in [1.165, 1.54) is 0 Å². The highest BCUT2D eigenvalue weighted by Gasteiger charge is 2.30. The molecule has 4 nitrogen and oxygen atoms in total. The van der Waals surface area contributed by atoms with E-state index >= 15 is 0 Å². The van der Waals surface area contributed by atoms with Crippen LogP contribution in [0.2, 0.25) is 0 Å². The zero-order valence-corrected chi connectivity index (χ0v) is 10.8. The van der Waals surface area contributed by atoms with Crippen LogP contribution in [0.1, 0.15) is 39.0 Å². The van der Waals surface area contributed by atoms with Crippen molar-refractivity contribution in [2.24, 2.45) is 17.6 Å². The third-order valence-electron chi connectivity index (χ3n) is 3.39. The molecular formula is C13H25NO3. The first-order valence-corrected chi connectivity index (χ1v) is 6.74. The molecule has 2 N–H and O–H groups in total. The molecule has 1 atom stereocenters. The van der Waals surface area contributed by atoms with Crippen LogP contribution in [0.25, 0.3) is 0 Å². The van der Waals surface area contributed by atoms with Crippen LogP contribution in [0.5, 0.6) is 0 Å². The fraction of sp³-hybridized carbons (Fsp3) is 0.923. The van der Waals surface area contributed by atoms with E-state index in [1.54, 1.807) is 0 Å². The fourth-order valence-corrected chi connectivity index (χ4v) is 2.42. The molecule has 1 rings (SSSR count). The fourth-order valence-electron chi connectivity index (χ4n) is 2.42. The van der Waals surface area contributed by atoms with Gasteiger partial charge in [0.15, 0.2) is 0 Å². The van der Waals surface area contributed by atoms with Gasteiger partial charge in [-0.05, 0) is 45.1 Å². The largest absolute Gasteiger partial charge is 0.466 e. The first-order chi connectivity index (χ1) is 8.29.